The van der Waals surface area contributed by atoms with Gasteiger partial charge in [0, 0.05) is 43.2 Å². The molecule has 2 heterocycles. The standard InChI is InChI=1S/C17H18N4O5S/c22-17(19-14-5-9-18-10-6-14)13-7-11-20(12-8-13)27(25,26)16-4-2-1-3-15(16)21(23)24/h1-6,9-10,13H,7-8,11-12H2,(H,18,19,22). The molecule has 1 aromatic heterocycles. The number of hydrogen-bond donors (Lipinski definition) is 1. The molecule has 2 aromatic rings. The summed E-state index contributed by atoms with van der Waals surface area (Å²) in [6.45, 7) is 0.256. The predicted molar refractivity (Wildman–Crippen MR) is 97.4 cm³/mol. The van der Waals surface area contributed by atoms with E-state index < -0.39 is 20.6 Å². The van der Waals surface area contributed by atoms with Crippen molar-refractivity contribution < 1.29 is 18.1 Å². The number of nitro benzene ring substituents is 1. The molecule has 142 valence electrons. The topological polar surface area (TPSA) is 123 Å². The van der Waals surface area contributed by atoms with Gasteiger partial charge in [-0.15, -0.1) is 0 Å². The second-order valence-electron chi connectivity index (χ2n) is 6.13. The Hall–Kier alpha value is -2.85. The van der Waals surface area contributed by atoms with Crippen LogP contribution in [0.25, 0.3) is 0 Å². The lowest BCUT2D eigenvalue weighted by molar-refractivity contribution is -0.387. The number of pyridine rings is 1. The average Bonchev–Trinajstić information content (AvgIpc) is 2.69. The third kappa shape index (κ3) is 4.12. The van der Waals surface area contributed by atoms with Crippen LogP contribution in [0.1, 0.15) is 12.8 Å². The number of aromatic nitrogens is 1. The minimum absolute atomic E-state index is 0.128. The molecular formula is C17H18N4O5S. The van der Waals surface area contributed by atoms with Crippen molar-refractivity contribution in [3.8, 4) is 0 Å². The lowest BCUT2D eigenvalue weighted by Gasteiger charge is -2.30. The van der Waals surface area contributed by atoms with Crippen molar-refractivity contribution in [2.24, 2.45) is 5.92 Å². The van der Waals surface area contributed by atoms with Crippen molar-refractivity contribution in [2.75, 3.05) is 18.4 Å². The van der Waals surface area contributed by atoms with Gasteiger partial charge in [-0.2, -0.15) is 4.31 Å². The number of piperidine rings is 1. The summed E-state index contributed by atoms with van der Waals surface area (Å²) in [6.07, 6.45) is 3.82. The highest BCUT2D eigenvalue weighted by atomic mass is 32.2. The van der Waals surface area contributed by atoms with Gasteiger partial charge < -0.3 is 5.32 Å². The Morgan fingerprint density at radius 2 is 1.78 bits per heavy atom. The largest absolute Gasteiger partial charge is 0.326 e. The molecule has 10 heteroatoms. The zero-order valence-corrected chi connectivity index (χ0v) is 15.1. The molecule has 1 aliphatic heterocycles. The zero-order chi connectivity index (χ0) is 19.4. The minimum atomic E-state index is -3.99. The van der Waals surface area contributed by atoms with E-state index in [1.54, 1.807) is 24.5 Å². The van der Waals surface area contributed by atoms with Gasteiger partial charge in [-0.1, -0.05) is 12.1 Å². The molecule has 27 heavy (non-hydrogen) atoms. The van der Waals surface area contributed by atoms with Crippen molar-refractivity contribution in [3.63, 3.8) is 0 Å². The predicted octanol–water partition coefficient (Wildman–Crippen LogP) is 2.03. The molecule has 3 rings (SSSR count). The number of carbonyl (C=O) groups is 1. The minimum Gasteiger partial charge on any atom is -0.326 e. The molecular weight excluding hydrogens is 372 g/mol. The second-order valence-corrected chi connectivity index (χ2v) is 8.03. The van der Waals surface area contributed by atoms with Crippen LogP contribution in [0.5, 0.6) is 0 Å². The van der Waals surface area contributed by atoms with Gasteiger partial charge in [0.15, 0.2) is 4.90 Å². The third-order valence-corrected chi connectivity index (χ3v) is 6.40. The van der Waals surface area contributed by atoms with Crippen molar-refractivity contribution in [3.05, 3.63) is 58.9 Å². The van der Waals surface area contributed by atoms with Gasteiger partial charge in [-0.3, -0.25) is 19.9 Å². The summed E-state index contributed by atoms with van der Waals surface area (Å²) in [5.74, 6) is -0.501. The number of carbonyl (C=O) groups excluding carboxylic acids is 1. The zero-order valence-electron chi connectivity index (χ0n) is 14.3. The van der Waals surface area contributed by atoms with E-state index in [2.05, 4.69) is 10.3 Å². The lowest BCUT2D eigenvalue weighted by Crippen LogP contribution is -2.41. The van der Waals surface area contributed by atoms with Crippen molar-refractivity contribution >= 4 is 27.3 Å². The van der Waals surface area contributed by atoms with Crippen molar-refractivity contribution in [1.29, 1.82) is 0 Å². The number of sulfonamides is 1. The summed E-state index contributed by atoms with van der Waals surface area (Å²) < 4.78 is 26.8. The lowest BCUT2D eigenvalue weighted by atomic mass is 9.97. The Balaban J connectivity index is 1.68. The number of nitrogens with one attached hydrogen (secondary N) is 1. The van der Waals surface area contributed by atoms with Gasteiger partial charge in [0.2, 0.25) is 15.9 Å². The van der Waals surface area contributed by atoms with Crippen molar-refractivity contribution in [2.45, 2.75) is 17.7 Å². The van der Waals surface area contributed by atoms with Crippen LogP contribution in [0, 0.1) is 16.0 Å². The Morgan fingerprint density at radius 3 is 2.41 bits per heavy atom. The van der Waals surface area contributed by atoms with Crippen LogP contribution < -0.4 is 5.32 Å². The summed E-state index contributed by atoms with van der Waals surface area (Å²) in [4.78, 5) is 26.3. The maximum atomic E-state index is 12.8. The molecule has 1 fully saturated rings. The van der Waals surface area contributed by atoms with Crippen LogP contribution in [0.4, 0.5) is 11.4 Å². The van der Waals surface area contributed by atoms with E-state index >= 15 is 0 Å². The molecule has 0 spiro atoms. The highest BCUT2D eigenvalue weighted by Crippen LogP contribution is 2.29. The first-order valence-corrected chi connectivity index (χ1v) is 9.78. The number of rotatable bonds is 5. The maximum Gasteiger partial charge on any atom is 0.289 e. The Bertz CT molecular complexity index is 941. The molecule has 1 aliphatic rings. The molecule has 1 saturated heterocycles. The first-order valence-electron chi connectivity index (χ1n) is 8.34. The van der Waals surface area contributed by atoms with Crippen LogP contribution >= 0.6 is 0 Å². The summed E-state index contributed by atoms with van der Waals surface area (Å²) in [7, 11) is -3.99. The van der Waals surface area contributed by atoms with Gasteiger partial charge in [0.05, 0.1) is 4.92 Å². The van der Waals surface area contributed by atoms with E-state index in [0.717, 1.165) is 0 Å². The Labute approximate surface area is 156 Å². The van der Waals surface area contributed by atoms with Gasteiger partial charge in [0.25, 0.3) is 5.69 Å². The number of nitro groups is 1. The highest BCUT2D eigenvalue weighted by Gasteiger charge is 2.35. The van der Waals surface area contributed by atoms with E-state index in [1.165, 1.54) is 28.6 Å². The molecule has 9 nitrogen and oxygen atoms in total. The van der Waals surface area contributed by atoms with E-state index in [1.807, 2.05) is 0 Å². The van der Waals surface area contributed by atoms with Crippen LogP contribution in [-0.2, 0) is 14.8 Å². The van der Waals surface area contributed by atoms with E-state index in [4.69, 9.17) is 0 Å². The Morgan fingerprint density at radius 1 is 1.15 bits per heavy atom. The van der Waals surface area contributed by atoms with Crippen LogP contribution in [-0.4, -0.2) is 41.6 Å². The number of benzene rings is 1. The quantitative estimate of drug-likeness (QED) is 0.616. The molecule has 0 saturated carbocycles. The monoisotopic (exact) mass is 390 g/mol. The van der Waals surface area contributed by atoms with Gasteiger partial charge in [-0.05, 0) is 31.0 Å². The van der Waals surface area contributed by atoms with Crippen LogP contribution in [0.3, 0.4) is 0 Å². The number of hydrogen-bond acceptors (Lipinski definition) is 6. The summed E-state index contributed by atoms with van der Waals surface area (Å²) >= 11 is 0. The first-order chi connectivity index (χ1) is 12.9. The third-order valence-electron chi connectivity index (χ3n) is 4.45. The fourth-order valence-corrected chi connectivity index (χ4v) is 4.63. The van der Waals surface area contributed by atoms with E-state index in [-0.39, 0.29) is 29.8 Å². The summed E-state index contributed by atoms with van der Waals surface area (Å²) in [6, 6.07) is 8.62. The smallest absolute Gasteiger partial charge is 0.289 e. The molecule has 0 atom stereocenters. The van der Waals surface area contributed by atoms with Crippen molar-refractivity contribution in [1.82, 2.24) is 9.29 Å². The molecule has 0 radical (unpaired) electrons. The molecule has 0 aliphatic carbocycles. The number of amides is 1. The number of anilines is 1. The molecule has 1 amide bonds. The maximum absolute atomic E-state index is 12.8. The molecule has 1 aromatic carbocycles. The summed E-state index contributed by atoms with van der Waals surface area (Å²) in [5.41, 5.74) is 0.181. The normalized spacial score (nSPS) is 16.0. The molecule has 1 N–H and O–H groups in total. The number of para-hydroxylation sites is 1. The van der Waals surface area contributed by atoms with Gasteiger partial charge in [0.1, 0.15) is 0 Å². The SMILES string of the molecule is O=C(Nc1ccncc1)C1CCN(S(=O)(=O)c2ccccc2[N+](=O)[O-])CC1. The second kappa shape index (κ2) is 7.80. The van der Waals surface area contributed by atoms with Crippen LogP contribution in [0.15, 0.2) is 53.7 Å². The fourth-order valence-electron chi connectivity index (χ4n) is 3.00. The van der Waals surface area contributed by atoms with Gasteiger partial charge >= 0.3 is 0 Å². The highest BCUT2D eigenvalue weighted by molar-refractivity contribution is 7.89. The van der Waals surface area contributed by atoms with E-state index in [9.17, 15) is 23.3 Å². The van der Waals surface area contributed by atoms with E-state index in [0.29, 0.717) is 18.5 Å². The first kappa shape index (κ1) is 18.9. The van der Waals surface area contributed by atoms with Gasteiger partial charge in [-0.25, -0.2) is 8.42 Å². The average molecular weight is 390 g/mol. The summed E-state index contributed by atoms with van der Waals surface area (Å²) in [5, 5.41) is 13.9. The molecule has 0 unspecified atom stereocenters. The number of nitrogens with zero attached hydrogens (tertiary/aromatic N) is 3. The van der Waals surface area contributed by atoms with Crippen LogP contribution in [0.2, 0.25) is 0 Å². The Kier molecular flexibility index (Phi) is 5.47. The molecule has 0 bridgehead atoms. The fraction of sp³-hybridized carbons (Fsp3) is 0.294.